The third-order valence-electron chi connectivity index (χ3n) is 3.84. The Morgan fingerprint density at radius 2 is 1.54 bits per heavy atom. The minimum atomic E-state index is -5.44. The fourth-order valence-electron chi connectivity index (χ4n) is 2.34. The van der Waals surface area contributed by atoms with Crippen molar-refractivity contribution in [2.45, 2.75) is 63.6 Å². The maximum Gasteiger partial charge on any atom is 0.373 e. The molecule has 0 aromatic carbocycles. The van der Waals surface area contributed by atoms with E-state index in [9.17, 15) is 14.2 Å². The minimum absolute atomic E-state index is 0.684. The van der Waals surface area contributed by atoms with Gasteiger partial charge < -0.3 is 24.7 Å². The average Bonchev–Trinajstić information content (AvgIpc) is 2.87. The number of hydrogen-bond donors (Lipinski definition) is 5. The summed E-state index contributed by atoms with van der Waals surface area (Å²) < 4.78 is 25.6. The molecule has 1 rings (SSSR count). The molecule has 0 unspecified atom stereocenters. The number of unbranched alkanes of at least 4 members (excludes halogenated alkanes) is 5. The number of nitrogens with zero attached hydrogens (tertiary/aromatic N) is 2. The Labute approximate surface area is 141 Å². The number of rotatable bonds is 11. The molecule has 0 fully saturated rings. The van der Waals surface area contributed by atoms with E-state index in [0.717, 1.165) is 23.8 Å². The largest absolute Gasteiger partial charge is 0.373 e. The van der Waals surface area contributed by atoms with E-state index in [2.05, 4.69) is 6.92 Å². The molecule has 0 atom stereocenters. The van der Waals surface area contributed by atoms with Gasteiger partial charge in [-0.2, -0.15) is 0 Å². The maximum absolute atomic E-state index is 11.3. The summed E-state index contributed by atoms with van der Waals surface area (Å²) in [5, 5.41) is 6.45. The molecule has 1 aromatic heterocycles. The Kier molecular flexibility index (Phi) is 7.81. The molecule has 0 aliphatic rings. The van der Waals surface area contributed by atoms with Crippen LogP contribution in [0.4, 0.5) is 0 Å². The summed E-state index contributed by atoms with van der Waals surface area (Å²) in [6.07, 6.45) is 11.2. The van der Waals surface area contributed by atoms with Gasteiger partial charge in [-0.3, -0.25) is 9.13 Å². The van der Waals surface area contributed by atoms with E-state index in [4.69, 9.17) is 19.6 Å². The van der Waals surface area contributed by atoms with Crippen molar-refractivity contribution >= 4 is 15.2 Å². The van der Waals surface area contributed by atoms with Gasteiger partial charge in [0.05, 0.1) is 6.54 Å². The van der Waals surface area contributed by atoms with Crippen LogP contribution < -0.4 is 4.57 Å². The summed E-state index contributed by atoms with van der Waals surface area (Å²) >= 11 is 0. The number of hydrogen-bond acceptors (Lipinski definition) is 3. The predicted molar refractivity (Wildman–Crippen MR) is 87.0 cm³/mol. The molecule has 0 saturated heterocycles. The molecule has 0 aliphatic heterocycles. The lowest BCUT2D eigenvalue weighted by Crippen LogP contribution is -2.46. The average molecular weight is 385 g/mol. The smallest absolute Gasteiger partial charge is 0.365 e. The Hall–Kier alpha value is -0.530. The van der Waals surface area contributed by atoms with Gasteiger partial charge in [0.25, 0.3) is 0 Å². The van der Waals surface area contributed by atoms with E-state index in [1.807, 2.05) is 0 Å². The second-order valence-corrected chi connectivity index (χ2v) is 9.96. The summed E-state index contributed by atoms with van der Waals surface area (Å²) in [7, 11) is -10.9. The molecule has 0 radical (unpaired) electrons. The van der Waals surface area contributed by atoms with Crippen molar-refractivity contribution in [1.82, 2.24) is 4.57 Å². The van der Waals surface area contributed by atoms with Gasteiger partial charge in [-0.05, 0) is 12.8 Å². The van der Waals surface area contributed by atoms with Gasteiger partial charge in [0, 0.05) is 0 Å². The van der Waals surface area contributed by atoms with Crippen LogP contribution in [-0.4, -0.2) is 34.3 Å². The third kappa shape index (κ3) is 5.77. The van der Waals surface area contributed by atoms with E-state index < -0.39 is 26.8 Å². The van der Waals surface area contributed by atoms with E-state index >= 15 is 0 Å². The van der Waals surface area contributed by atoms with Gasteiger partial charge in [-0.25, -0.2) is 9.13 Å². The van der Waals surface area contributed by atoms with Crippen molar-refractivity contribution in [3.8, 4) is 0 Å². The van der Waals surface area contributed by atoms with Crippen LogP contribution >= 0.6 is 15.2 Å². The Bertz CT molecular complexity index is 585. The van der Waals surface area contributed by atoms with E-state index in [0.29, 0.717) is 6.54 Å². The lowest BCUT2D eigenvalue weighted by Gasteiger charge is -2.27. The molecule has 140 valence electrons. The zero-order valence-electron chi connectivity index (χ0n) is 13.7. The molecular formula is C13H27N2O7P2+. The van der Waals surface area contributed by atoms with Gasteiger partial charge in [-0.15, -0.1) is 0 Å². The number of aryl methyl sites for hydroxylation is 1. The van der Waals surface area contributed by atoms with Gasteiger partial charge in [0.2, 0.25) is 6.33 Å². The van der Waals surface area contributed by atoms with Crippen molar-refractivity contribution in [2.24, 2.45) is 0 Å². The molecule has 0 saturated carbocycles. The van der Waals surface area contributed by atoms with Gasteiger partial charge in [-0.1, -0.05) is 32.6 Å². The van der Waals surface area contributed by atoms with Crippen LogP contribution in [0.5, 0.6) is 0 Å². The van der Waals surface area contributed by atoms with Crippen LogP contribution in [0.15, 0.2) is 18.7 Å². The predicted octanol–water partition coefficient (Wildman–Crippen LogP) is 1.14. The molecule has 0 bridgehead atoms. The second kappa shape index (κ2) is 8.72. The highest BCUT2D eigenvalue weighted by Crippen LogP contribution is 2.67. The van der Waals surface area contributed by atoms with Crippen LogP contribution in [0.2, 0.25) is 0 Å². The Balaban J connectivity index is 2.65. The van der Waals surface area contributed by atoms with Crippen molar-refractivity contribution < 1.29 is 38.4 Å². The topological polar surface area (TPSA) is 144 Å². The first-order chi connectivity index (χ1) is 11.0. The van der Waals surface area contributed by atoms with Crippen LogP contribution in [0.3, 0.4) is 0 Å². The van der Waals surface area contributed by atoms with E-state index in [1.54, 1.807) is 10.8 Å². The van der Waals surface area contributed by atoms with Crippen LogP contribution in [0.1, 0.15) is 45.4 Å². The number of aliphatic hydroxyl groups is 1. The zero-order valence-corrected chi connectivity index (χ0v) is 15.5. The molecule has 11 heteroatoms. The molecule has 9 nitrogen and oxygen atoms in total. The van der Waals surface area contributed by atoms with Gasteiger partial charge >= 0.3 is 20.3 Å². The molecule has 24 heavy (non-hydrogen) atoms. The fraction of sp³-hybridized carbons (Fsp3) is 0.769. The quantitative estimate of drug-likeness (QED) is 0.218. The summed E-state index contributed by atoms with van der Waals surface area (Å²) in [5.41, 5.74) is 0. The molecule has 0 amide bonds. The summed E-state index contributed by atoms with van der Waals surface area (Å²) in [5.74, 6) is 0. The van der Waals surface area contributed by atoms with Gasteiger partial charge in [0.15, 0.2) is 0 Å². The van der Waals surface area contributed by atoms with Crippen LogP contribution in [0.25, 0.3) is 0 Å². The zero-order chi connectivity index (χ0) is 18.4. The van der Waals surface area contributed by atoms with E-state index in [-0.39, 0.29) is 0 Å². The molecule has 1 aromatic rings. The SMILES string of the molecule is CCCCCCCCn1cc[n+](CC(O)(P(=O)(O)O)P(=O)(O)O)c1. The lowest BCUT2D eigenvalue weighted by atomic mass is 10.1. The summed E-state index contributed by atoms with van der Waals surface area (Å²) in [6, 6.07) is 0. The van der Waals surface area contributed by atoms with Crippen LogP contribution in [-0.2, 0) is 22.2 Å². The number of aromatic nitrogens is 2. The van der Waals surface area contributed by atoms with Gasteiger partial charge in [0.1, 0.15) is 18.9 Å². The maximum atomic E-state index is 11.3. The molecule has 5 N–H and O–H groups in total. The highest BCUT2D eigenvalue weighted by atomic mass is 31.2. The van der Waals surface area contributed by atoms with E-state index in [1.165, 1.54) is 31.8 Å². The highest BCUT2D eigenvalue weighted by Gasteiger charge is 2.61. The third-order valence-corrected chi connectivity index (χ3v) is 7.56. The summed E-state index contributed by atoms with van der Waals surface area (Å²) in [4.78, 5) is 36.5. The monoisotopic (exact) mass is 385 g/mol. The minimum Gasteiger partial charge on any atom is -0.365 e. The van der Waals surface area contributed by atoms with Crippen molar-refractivity contribution in [1.29, 1.82) is 0 Å². The Morgan fingerprint density at radius 3 is 2.08 bits per heavy atom. The molecule has 0 aliphatic carbocycles. The second-order valence-electron chi connectivity index (χ2n) is 5.95. The van der Waals surface area contributed by atoms with Crippen molar-refractivity contribution in [2.75, 3.05) is 0 Å². The fourth-order valence-corrected chi connectivity index (χ4v) is 4.39. The molecule has 1 heterocycles. The highest BCUT2D eigenvalue weighted by molar-refractivity contribution is 7.72. The lowest BCUT2D eigenvalue weighted by molar-refractivity contribution is -0.703. The summed E-state index contributed by atoms with van der Waals surface area (Å²) in [6.45, 7) is 1.93. The van der Waals surface area contributed by atoms with Crippen molar-refractivity contribution in [3.05, 3.63) is 18.7 Å². The first-order valence-corrected chi connectivity index (χ1v) is 11.1. The Morgan fingerprint density at radius 1 is 1.00 bits per heavy atom. The number of imidazole rings is 1. The van der Waals surface area contributed by atoms with Crippen LogP contribution in [0, 0.1) is 0 Å². The first kappa shape index (κ1) is 21.5. The first-order valence-electron chi connectivity index (χ1n) is 7.90. The molecule has 0 spiro atoms. The van der Waals surface area contributed by atoms with Crippen molar-refractivity contribution in [3.63, 3.8) is 0 Å². The molecular weight excluding hydrogens is 358 g/mol. The normalized spacial score (nSPS) is 13.4. The standard InChI is InChI=1S/C13H26N2O7P2/c1-2-3-4-5-6-7-8-14-9-10-15(12-14)11-13(16,23(17,18)19)24(20,21)22/h9-10,12,16H,2-8,11H2,1H3,(H3-,17,18,19,20,21,22)/p+1.